The number of ether oxygens (including phenoxy) is 1. The summed E-state index contributed by atoms with van der Waals surface area (Å²) in [7, 11) is -3.29. The maximum atomic E-state index is 15.0. The van der Waals surface area contributed by atoms with Crippen molar-refractivity contribution in [3.63, 3.8) is 0 Å². The minimum Gasteiger partial charge on any atom is -0.495 e. The van der Waals surface area contributed by atoms with Gasteiger partial charge in [-0.25, -0.2) is 26.1 Å². The highest BCUT2D eigenvalue weighted by molar-refractivity contribution is 7.90. The number of hydrogen-bond acceptors (Lipinski definition) is 5. The zero-order valence-corrected chi connectivity index (χ0v) is 17.8. The van der Waals surface area contributed by atoms with Crippen LogP contribution in [0, 0.1) is 11.6 Å². The lowest BCUT2D eigenvalue weighted by Crippen LogP contribution is -2.30. The van der Waals surface area contributed by atoms with Crippen LogP contribution in [0.1, 0.15) is 20.7 Å². The minimum atomic E-state index is -4.44. The molecule has 1 aromatic heterocycles. The number of nitrogens with zero attached hydrogens (tertiary/aromatic N) is 2. The number of carbonyl (C=O) groups excluding carboxylic acids is 2. The third kappa shape index (κ3) is 2.94. The quantitative estimate of drug-likeness (QED) is 0.423. The van der Waals surface area contributed by atoms with Gasteiger partial charge in [0.15, 0.2) is 5.82 Å². The molecular formula is C23H14F2N2O5S. The first kappa shape index (κ1) is 20.8. The average Bonchev–Trinajstić information content (AvgIpc) is 3.35. The second-order valence-corrected chi connectivity index (χ2v) is 9.02. The molecule has 1 aliphatic heterocycles. The van der Waals surface area contributed by atoms with Gasteiger partial charge in [-0.1, -0.05) is 18.2 Å². The summed E-state index contributed by atoms with van der Waals surface area (Å²) in [5.74, 6) is -3.54. The van der Waals surface area contributed by atoms with Crippen molar-refractivity contribution in [1.82, 2.24) is 3.97 Å². The molecule has 2 amide bonds. The van der Waals surface area contributed by atoms with Crippen LogP contribution in [0.5, 0.6) is 5.75 Å². The van der Waals surface area contributed by atoms with E-state index in [-0.39, 0.29) is 27.8 Å². The Hall–Kier alpha value is -4.05. The van der Waals surface area contributed by atoms with Gasteiger partial charge >= 0.3 is 0 Å². The number of benzene rings is 3. The second kappa shape index (κ2) is 7.24. The van der Waals surface area contributed by atoms with Gasteiger partial charge in [0.25, 0.3) is 21.8 Å². The average molecular weight is 468 g/mol. The van der Waals surface area contributed by atoms with Crippen LogP contribution in [0.4, 0.5) is 14.5 Å². The van der Waals surface area contributed by atoms with Crippen LogP contribution in [-0.4, -0.2) is 31.3 Å². The van der Waals surface area contributed by atoms with Crippen molar-refractivity contribution in [3.8, 4) is 5.75 Å². The van der Waals surface area contributed by atoms with Crippen LogP contribution >= 0.6 is 0 Å². The Balaban J connectivity index is 1.71. The molecule has 33 heavy (non-hydrogen) atoms. The van der Waals surface area contributed by atoms with E-state index >= 15 is 0 Å². The molecule has 3 aromatic carbocycles. The van der Waals surface area contributed by atoms with Gasteiger partial charge < -0.3 is 4.74 Å². The number of amides is 2. The first-order valence-electron chi connectivity index (χ1n) is 9.62. The smallest absolute Gasteiger partial charge is 0.271 e. The van der Waals surface area contributed by atoms with Crippen molar-refractivity contribution >= 4 is 38.4 Å². The topological polar surface area (TPSA) is 85.7 Å². The lowest BCUT2D eigenvalue weighted by atomic mass is 10.1. The Morgan fingerprint density at radius 1 is 0.848 bits per heavy atom. The highest BCUT2D eigenvalue weighted by atomic mass is 32.2. The van der Waals surface area contributed by atoms with Gasteiger partial charge in [0.2, 0.25) is 0 Å². The Labute approximate surface area is 186 Å². The fraction of sp³-hybridized carbons (Fsp3) is 0.0435. The molecule has 0 fully saturated rings. The van der Waals surface area contributed by atoms with Gasteiger partial charge in [-0.15, -0.1) is 0 Å². The Morgan fingerprint density at radius 3 is 2.15 bits per heavy atom. The van der Waals surface area contributed by atoms with Crippen molar-refractivity contribution in [2.75, 3.05) is 12.0 Å². The summed E-state index contributed by atoms with van der Waals surface area (Å²) in [6.07, 6.45) is 1.16. The number of aromatic nitrogens is 1. The molecule has 0 bridgehead atoms. The van der Waals surface area contributed by atoms with E-state index in [4.69, 9.17) is 4.74 Å². The molecule has 0 saturated heterocycles. The first-order chi connectivity index (χ1) is 15.8. The summed E-state index contributed by atoms with van der Waals surface area (Å²) in [4.78, 5) is 25.7. The van der Waals surface area contributed by atoms with Gasteiger partial charge in [0, 0.05) is 17.6 Å². The van der Waals surface area contributed by atoms with E-state index < -0.39 is 44.1 Å². The second-order valence-electron chi connectivity index (χ2n) is 7.24. The molecule has 10 heteroatoms. The van der Waals surface area contributed by atoms with E-state index in [1.807, 2.05) is 0 Å². The largest absolute Gasteiger partial charge is 0.495 e. The van der Waals surface area contributed by atoms with Crippen LogP contribution in [-0.2, 0) is 10.0 Å². The Bertz CT molecular complexity index is 1560. The van der Waals surface area contributed by atoms with Crippen molar-refractivity contribution in [2.45, 2.75) is 4.90 Å². The van der Waals surface area contributed by atoms with Crippen LogP contribution in [0.3, 0.4) is 0 Å². The molecule has 0 aliphatic carbocycles. The Kier molecular flexibility index (Phi) is 4.57. The monoisotopic (exact) mass is 468 g/mol. The summed E-state index contributed by atoms with van der Waals surface area (Å²) in [5, 5.41) is 0.0720. The number of methoxy groups -OCH3 is 1. The molecule has 0 radical (unpaired) electrons. The zero-order valence-electron chi connectivity index (χ0n) is 17.0. The molecule has 2 heterocycles. The number of hydrogen-bond donors (Lipinski definition) is 0. The fourth-order valence-electron chi connectivity index (χ4n) is 3.89. The summed E-state index contributed by atoms with van der Waals surface area (Å²) in [6, 6.07) is 12.9. The summed E-state index contributed by atoms with van der Waals surface area (Å²) in [6.45, 7) is 0. The Morgan fingerprint density at radius 2 is 1.52 bits per heavy atom. The van der Waals surface area contributed by atoms with Crippen molar-refractivity contribution < 1.29 is 31.5 Å². The van der Waals surface area contributed by atoms with Gasteiger partial charge in [-0.2, -0.15) is 0 Å². The number of imide groups is 1. The van der Waals surface area contributed by atoms with Crippen LogP contribution < -0.4 is 9.64 Å². The molecule has 7 nitrogen and oxygen atoms in total. The molecule has 0 N–H and O–H groups in total. The fourth-order valence-corrected chi connectivity index (χ4v) is 5.39. The van der Waals surface area contributed by atoms with E-state index in [0.717, 1.165) is 29.4 Å². The van der Waals surface area contributed by atoms with E-state index in [0.29, 0.717) is 4.90 Å². The molecule has 5 rings (SSSR count). The highest BCUT2D eigenvalue weighted by Crippen LogP contribution is 2.37. The number of rotatable bonds is 4. The van der Waals surface area contributed by atoms with E-state index in [2.05, 4.69) is 0 Å². The zero-order chi connectivity index (χ0) is 23.5. The van der Waals surface area contributed by atoms with Gasteiger partial charge in [-0.05, 0) is 36.4 Å². The number of fused-ring (bicyclic) bond motifs is 2. The molecule has 0 spiro atoms. The van der Waals surface area contributed by atoms with Crippen molar-refractivity contribution in [1.29, 1.82) is 0 Å². The lowest BCUT2D eigenvalue weighted by molar-refractivity contribution is 0.0924. The summed E-state index contributed by atoms with van der Waals surface area (Å²) < 4.78 is 62.0. The first-order valence-corrected chi connectivity index (χ1v) is 11.1. The molecule has 0 unspecified atom stereocenters. The number of anilines is 1. The van der Waals surface area contributed by atoms with E-state index in [1.165, 1.54) is 36.4 Å². The highest BCUT2D eigenvalue weighted by Gasteiger charge is 2.39. The maximum Gasteiger partial charge on any atom is 0.271 e. The molecule has 0 saturated carbocycles. The van der Waals surface area contributed by atoms with Crippen molar-refractivity contribution in [2.24, 2.45) is 0 Å². The third-order valence-corrected chi connectivity index (χ3v) is 7.16. The SMILES string of the molecule is COc1cc(F)c(N2C(=O)c3ccccc3C2=O)cc1S(=O)(=O)n1ccc2c(F)cccc21. The standard InChI is InChI=1S/C23H14F2N2O5S/c1-32-20-11-17(25)19(27-22(28)13-5-2-3-6-14(13)23(27)29)12-21(20)33(30,31)26-10-9-15-16(24)7-4-8-18(15)26/h2-12H,1H3. The minimum absolute atomic E-state index is 0.0589. The molecule has 4 aromatic rings. The van der Waals surface area contributed by atoms with Crippen LogP contribution in [0.15, 0.2) is 71.8 Å². The van der Waals surface area contributed by atoms with Crippen molar-refractivity contribution in [3.05, 3.63) is 89.6 Å². The number of carbonyl (C=O) groups is 2. The van der Waals surface area contributed by atoms with Gasteiger partial charge in [-0.3, -0.25) is 9.59 Å². The molecule has 1 aliphatic rings. The predicted molar refractivity (Wildman–Crippen MR) is 115 cm³/mol. The van der Waals surface area contributed by atoms with Crippen LogP contribution in [0.2, 0.25) is 0 Å². The molecular weight excluding hydrogens is 454 g/mol. The normalized spacial score (nSPS) is 13.6. The van der Waals surface area contributed by atoms with E-state index in [9.17, 15) is 26.8 Å². The lowest BCUT2D eigenvalue weighted by Gasteiger charge is -2.18. The van der Waals surface area contributed by atoms with Crippen LogP contribution in [0.25, 0.3) is 10.9 Å². The maximum absolute atomic E-state index is 15.0. The summed E-state index contributed by atoms with van der Waals surface area (Å²) >= 11 is 0. The number of halogens is 2. The summed E-state index contributed by atoms with van der Waals surface area (Å²) in [5.41, 5.74) is -0.324. The third-order valence-electron chi connectivity index (χ3n) is 5.45. The van der Waals surface area contributed by atoms with Gasteiger partial charge in [0.1, 0.15) is 16.5 Å². The van der Waals surface area contributed by atoms with E-state index in [1.54, 1.807) is 12.1 Å². The molecule has 0 atom stereocenters. The van der Waals surface area contributed by atoms with Gasteiger partial charge in [0.05, 0.1) is 29.4 Å². The molecule has 166 valence electrons. The predicted octanol–water partition coefficient (Wildman–Crippen LogP) is 3.97.